The number of hydrogen-bond acceptors (Lipinski definition) is 7. The van der Waals surface area contributed by atoms with Crippen molar-refractivity contribution in [2.75, 3.05) is 13.2 Å². The van der Waals surface area contributed by atoms with E-state index < -0.39 is 48.7 Å². The van der Waals surface area contributed by atoms with Gasteiger partial charge in [0.05, 0.1) is 51.0 Å². The molecule has 3 aromatic carbocycles. The van der Waals surface area contributed by atoms with E-state index in [9.17, 15) is 9.59 Å². The van der Waals surface area contributed by atoms with E-state index in [2.05, 4.69) is 6.58 Å². The van der Waals surface area contributed by atoms with E-state index in [1.165, 1.54) is 0 Å². The van der Waals surface area contributed by atoms with Gasteiger partial charge in [0.2, 0.25) is 0 Å². The van der Waals surface area contributed by atoms with E-state index in [-0.39, 0.29) is 51.0 Å². The van der Waals surface area contributed by atoms with Crippen LogP contribution in [-0.4, -0.2) is 60.6 Å². The molecule has 3 aliphatic heterocycles. The molecule has 0 unspecified atom stereocenters. The highest BCUT2D eigenvalue weighted by atomic mass is 35.5. The topological polar surface area (TPSA) is 83.5 Å². The highest BCUT2D eigenvalue weighted by Crippen LogP contribution is 2.47. The van der Waals surface area contributed by atoms with Crippen LogP contribution in [-0.2, 0) is 30.3 Å². The van der Waals surface area contributed by atoms with E-state index in [0.29, 0.717) is 12.8 Å². The molecule has 3 aromatic rings. The summed E-state index contributed by atoms with van der Waals surface area (Å²) >= 11 is 25.6. The fourth-order valence-corrected chi connectivity index (χ4v) is 6.78. The van der Waals surface area contributed by atoms with Crippen molar-refractivity contribution in [3.8, 4) is 0 Å². The maximum atomic E-state index is 14.1. The molecule has 0 saturated carbocycles. The maximum absolute atomic E-state index is 14.1. The molecule has 2 amide bonds. The SMILES string of the molecule is C=CCCCO[C@@H]1O[C@@H]2CO[C@@H](c3ccccc3)O[C@H]2[C@H](OCc2ccccc2)[C@H]1N1C(=O)c2c(Cl)c(Cl)c(Cl)c(Cl)c2C1=O. The number of rotatable bonds is 10. The standard InChI is InChI=1S/C33H29Cl4NO7/c1-2-3-10-15-41-33-27(38-30(39)21-22(31(38)40)24(35)26(37)25(36)23(21)34)29(42-16-18-11-6-4-7-12-18)28-20(44-33)17-43-32(45-28)19-13-8-5-9-14-19/h2,4-9,11-14,20,27-29,32-33H,1,3,10,15-17H2/t20-,27-,28-,29-,32-,33-/m1/s1. The number of halogens is 4. The van der Waals surface area contributed by atoms with Crippen LogP contribution in [0.5, 0.6) is 0 Å². The number of fused-ring (bicyclic) bond motifs is 2. The summed E-state index contributed by atoms with van der Waals surface area (Å²) in [6.07, 6.45) is -1.08. The molecule has 8 nitrogen and oxygen atoms in total. The fourth-order valence-electron chi connectivity index (χ4n) is 5.77. The molecule has 12 heteroatoms. The van der Waals surface area contributed by atoms with Gasteiger partial charge in [-0.15, -0.1) is 6.58 Å². The van der Waals surface area contributed by atoms with Crippen LogP contribution in [0.2, 0.25) is 20.1 Å². The molecule has 6 atom stereocenters. The predicted octanol–water partition coefficient (Wildman–Crippen LogP) is 7.67. The lowest BCUT2D eigenvalue weighted by atomic mass is 9.94. The third kappa shape index (κ3) is 6.29. The molecule has 0 bridgehead atoms. The van der Waals surface area contributed by atoms with Crippen LogP contribution in [0.4, 0.5) is 0 Å². The van der Waals surface area contributed by atoms with Gasteiger partial charge < -0.3 is 23.7 Å². The Balaban J connectivity index is 1.42. The summed E-state index contributed by atoms with van der Waals surface area (Å²) in [5, 5.41) is -0.600. The minimum atomic E-state index is -1.12. The van der Waals surface area contributed by atoms with Gasteiger partial charge >= 0.3 is 0 Å². The number of amides is 2. The molecular weight excluding hydrogens is 664 g/mol. The Morgan fingerprint density at radius 1 is 0.844 bits per heavy atom. The molecule has 3 aliphatic rings. The van der Waals surface area contributed by atoms with Gasteiger partial charge in [-0.2, -0.15) is 0 Å². The lowest BCUT2D eigenvalue weighted by Gasteiger charge is -2.50. The Labute approximate surface area is 280 Å². The van der Waals surface area contributed by atoms with E-state index in [1.54, 1.807) is 6.08 Å². The largest absolute Gasteiger partial charge is 0.368 e. The van der Waals surface area contributed by atoms with Crippen molar-refractivity contribution >= 4 is 58.2 Å². The molecule has 0 N–H and O–H groups in total. The van der Waals surface area contributed by atoms with Crippen LogP contribution in [0.3, 0.4) is 0 Å². The van der Waals surface area contributed by atoms with Crippen LogP contribution < -0.4 is 0 Å². The predicted molar refractivity (Wildman–Crippen MR) is 170 cm³/mol. The Kier molecular flexibility index (Phi) is 10.2. The fraction of sp³-hybridized carbons (Fsp3) is 0.333. The first-order valence-electron chi connectivity index (χ1n) is 14.4. The Hall–Kier alpha value is -2.50. The van der Waals surface area contributed by atoms with Crippen LogP contribution in [0.25, 0.3) is 0 Å². The van der Waals surface area contributed by atoms with Gasteiger partial charge in [0.25, 0.3) is 11.8 Å². The van der Waals surface area contributed by atoms with E-state index in [4.69, 9.17) is 70.1 Å². The second-order valence-electron chi connectivity index (χ2n) is 10.8. The molecule has 3 heterocycles. The van der Waals surface area contributed by atoms with Gasteiger partial charge in [0, 0.05) is 5.56 Å². The summed E-state index contributed by atoms with van der Waals surface area (Å²) in [5.74, 6) is -1.46. The van der Waals surface area contributed by atoms with Gasteiger partial charge in [-0.05, 0) is 18.4 Å². The van der Waals surface area contributed by atoms with Crippen LogP contribution in [0.15, 0.2) is 73.3 Å². The zero-order valence-electron chi connectivity index (χ0n) is 23.9. The number of imide groups is 1. The first-order valence-corrected chi connectivity index (χ1v) is 15.9. The van der Waals surface area contributed by atoms with Crippen molar-refractivity contribution in [3.63, 3.8) is 0 Å². The number of unbranched alkanes of at least 4 members (excludes halogenated alkanes) is 1. The summed E-state index contributed by atoms with van der Waals surface area (Å²) in [6, 6.07) is 17.8. The minimum absolute atomic E-state index is 0.127. The number of benzene rings is 3. The molecule has 0 aromatic heterocycles. The lowest BCUT2D eigenvalue weighted by molar-refractivity contribution is -0.354. The van der Waals surface area contributed by atoms with Crippen molar-refractivity contribution in [2.24, 2.45) is 0 Å². The first-order chi connectivity index (χ1) is 21.8. The average Bonchev–Trinajstić information content (AvgIpc) is 3.33. The number of carbonyl (C=O) groups excluding carboxylic acids is 2. The zero-order valence-corrected chi connectivity index (χ0v) is 26.9. The summed E-state index contributed by atoms with van der Waals surface area (Å²) < 4.78 is 31.8. The molecule has 236 valence electrons. The van der Waals surface area contributed by atoms with Crippen molar-refractivity contribution in [1.29, 1.82) is 0 Å². The second kappa shape index (κ2) is 14.1. The summed E-state index contributed by atoms with van der Waals surface area (Å²) in [7, 11) is 0. The lowest BCUT2D eigenvalue weighted by Crippen LogP contribution is -2.68. The smallest absolute Gasteiger partial charge is 0.263 e. The monoisotopic (exact) mass is 691 g/mol. The normalized spacial score (nSPS) is 26.1. The second-order valence-corrected chi connectivity index (χ2v) is 12.3. The van der Waals surface area contributed by atoms with Crippen molar-refractivity contribution < 1.29 is 33.3 Å². The van der Waals surface area contributed by atoms with Crippen LogP contribution in [0, 0.1) is 0 Å². The highest BCUT2D eigenvalue weighted by molar-refractivity contribution is 6.55. The van der Waals surface area contributed by atoms with Crippen molar-refractivity contribution in [1.82, 2.24) is 4.90 Å². The number of allylic oxidation sites excluding steroid dienone is 1. The average molecular weight is 693 g/mol. The van der Waals surface area contributed by atoms with Crippen molar-refractivity contribution in [3.05, 3.63) is 116 Å². The molecular formula is C33H29Cl4NO7. The maximum Gasteiger partial charge on any atom is 0.263 e. The van der Waals surface area contributed by atoms with Gasteiger partial charge in [-0.1, -0.05) is 113 Å². The Bertz CT molecular complexity index is 1530. The third-order valence-corrected chi connectivity index (χ3v) is 9.73. The number of hydrogen-bond donors (Lipinski definition) is 0. The van der Waals surface area contributed by atoms with Gasteiger partial charge in [0.1, 0.15) is 24.4 Å². The first kappa shape index (κ1) is 32.4. The number of carbonyl (C=O) groups is 2. The summed E-state index contributed by atoms with van der Waals surface area (Å²) in [6.45, 7) is 4.32. The van der Waals surface area contributed by atoms with Gasteiger partial charge in [-0.3, -0.25) is 14.5 Å². The molecule has 0 spiro atoms. The van der Waals surface area contributed by atoms with E-state index >= 15 is 0 Å². The Morgan fingerprint density at radius 2 is 1.47 bits per heavy atom. The zero-order chi connectivity index (χ0) is 31.7. The van der Waals surface area contributed by atoms with Gasteiger partial charge in [0.15, 0.2) is 12.6 Å². The molecule has 6 rings (SSSR count). The number of ether oxygens (including phenoxy) is 5. The Morgan fingerprint density at radius 3 is 2.09 bits per heavy atom. The molecule has 45 heavy (non-hydrogen) atoms. The molecule has 2 fully saturated rings. The third-order valence-electron chi connectivity index (χ3n) is 7.93. The van der Waals surface area contributed by atoms with Crippen molar-refractivity contribution in [2.45, 2.75) is 56.4 Å². The molecule has 0 radical (unpaired) electrons. The number of nitrogens with zero attached hydrogens (tertiary/aromatic N) is 1. The quantitative estimate of drug-likeness (QED) is 0.0709. The van der Waals surface area contributed by atoms with E-state index in [1.807, 2.05) is 60.7 Å². The highest BCUT2D eigenvalue weighted by Gasteiger charge is 2.58. The summed E-state index contributed by atoms with van der Waals surface area (Å²) in [4.78, 5) is 29.3. The van der Waals surface area contributed by atoms with Gasteiger partial charge in [-0.25, -0.2) is 0 Å². The van der Waals surface area contributed by atoms with Crippen LogP contribution in [0.1, 0.15) is 51.0 Å². The summed E-state index contributed by atoms with van der Waals surface area (Å²) in [5.41, 5.74) is 1.37. The molecule has 0 aliphatic carbocycles. The molecule has 2 saturated heterocycles. The van der Waals surface area contributed by atoms with Crippen LogP contribution >= 0.6 is 46.4 Å². The minimum Gasteiger partial charge on any atom is -0.368 e. The van der Waals surface area contributed by atoms with E-state index in [0.717, 1.165) is 16.0 Å².